The minimum absolute atomic E-state index is 0.0280. The van der Waals surface area contributed by atoms with E-state index in [1.807, 2.05) is 30.3 Å². The molecular weight excluding hydrogens is 711 g/mol. The Morgan fingerprint density at radius 2 is 1.74 bits per heavy atom. The molecule has 3 aliphatic rings. The monoisotopic (exact) mass is 745 g/mol. The molecule has 3 saturated heterocycles. The van der Waals surface area contributed by atoms with Crippen molar-refractivity contribution in [3.8, 4) is 11.5 Å². The lowest BCUT2D eigenvalue weighted by Gasteiger charge is -2.44. The zero-order chi connectivity index (χ0) is 35.2. The van der Waals surface area contributed by atoms with Crippen LogP contribution in [0.15, 0.2) is 73.1 Å². The van der Waals surface area contributed by atoms with Gasteiger partial charge in [0.15, 0.2) is 11.5 Å². The number of nitrogens with one attached hydrogen (secondary N) is 1. The van der Waals surface area contributed by atoms with Crippen molar-refractivity contribution in [1.29, 1.82) is 0 Å². The van der Waals surface area contributed by atoms with E-state index in [0.29, 0.717) is 28.5 Å². The molecule has 1 unspecified atom stereocenters. The highest BCUT2D eigenvalue weighted by atomic mass is 35.5. The highest BCUT2D eigenvalue weighted by molar-refractivity contribution is 7.13. The van der Waals surface area contributed by atoms with Crippen LogP contribution in [0.25, 0.3) is 0 Å². The van der Waals surface area contributed by atoms with Crippen molar-refractivity contribution in [3.05, 3.63) is 110 Å². The smallest absolute Gasteiger partial charge is 0.387 e. The summed E-state index contributed by atoms with van der Waals surface area (Å²) in [5.74, 6) is -0.720. The number of halogens is 4. The van der Waals surface area contributed by atoms with Crippen LogP contribution in [-0.4, -0.2) is 61.3 Å². The van der Waals surface area contributed by atoms with Gasteiger partial charge in [-0.2, -0.15) is 8.78 Å². The number of ether oxygens (including phenoxy) is 4. The van der Waals surface area contributed by atoms with Gasteiger partial charge in [-0.3, -0.25) is 15.2 Å². The van der Waals surface area contributed by atoms with Gasteiger partial charge in [-0.15, -0.1) is 11.3 Å². The molecule has 2 aromatic carbocycles. The molecule has 50 heavy (non-hydrogen) atoms. The maximum atomic E-state index is 13.6. The van der Waals surface area contributed by atoms with Gasteiger partial charge < -0.3 is 18.9 Å². The second-order valence-corrected chi connectivity index (χ2v) is 14.1. The Bertz CT molecular complexity index is 1770. The highest BCUT2D eigenvalue weighted by Gasteiger charge is 2.38. The van der Waals surface area contributed by atoms with Crippen LogP contribution in [0.2, 0.25) is 10.0 Å². The van der Waals surface area contributed by atoms with Gasteiger partial charge in [0.2, 0.25) is 0 Å². The number of pyridine rings is 1. The number of thiophene rings is 1. The summed E-state index contributed by atoms with van der Waals surface area (Å²) in [6, 6.07) is 16.4. The molecular formula is C36H35Cl2F2N3O6S. The molecule has 9 nitrogen and oxygen atoms in total. The van der Waals surface area contributed by atoms with Gasteiger partial charge in [0.25, 0.3) is 0 Å². The zero-order valence-electron chi connectivity index (χ0n) is 27.0. The van der Waals surface area contributed by atoms with Gasteiger partial charge in [0, 0.05) is 36.8 Å². The molecule has 2 aromatic heterocycles. The van der Waals surface area contributed by atoms with Crippen molar-refractivity contribution in [3.63, 3.8) is 0 Å². The topological polar surface area (TPSA) is 99.2 Å². The van der Waals surface area contributed by atoms with Gasteiger partial charge in [-0.25, -0.2) is 9.59 Å². The van der Waals surface area contributed by atoms with Gasteiger partial charge >= 0.3 is 18.6 Å². The van der Waals surface area contributed by atoms with E-state index >= 15 is 0 Å². The van der Waals surface area contributed by atoms with E-state index in [2.05, 4.69) is 19.9 Å². The van der Waals surface area contributed by atoms with E-state index in [9.17, 15) is 18.4 Å². The zero-order valence-corrected chi connectivity index (χ0v) is 29.4. The predicted molar refractivity (Wildman–Crippen MR) is 185 cm³/mol. The number of rotatable bonds is 14. The molecule has 14 heteroatoms. The SMILES string of the molecule is COc1cc([C@H](Cc2c(Cl)cncc2Cl)OC(=O)c2ccc(CNC(C(=O)O[C@H]3CN4CCC3CC4)c3ccccc3)s2)ccc1OC(F)F. The second-order valence-electron chi connectivity index (χ2n) is 12.1. The van der Waals surface area contributed by atoms with Gasteiger partial charge in [-0.05, 0) is 72.8 Å². The van der Waals surface area contributed by atoms with Crippen LogP contribution in [0.3, 0.4) is 0 Å². The summed E-state index contributed by atoms with van der Waals surface area (Å²) < 4.78 is 47.9. The minimum Gasteiger partial charge on any atom is -0.493 e. The number of alkyl halides is 2. The Hall–Kier alpha value is -3.81. The van der Waals surface area contributed by atoms with Crippen molar-refractivity contribution < 1.29 is 37.3 Å². The van der Waals surface area contributed by atoms with E-state index < -0.39 is 24.7 Å². The Morgan fingerprint density at radius 1 is 1.00 bits per heavy atom. The Labute approximate surface area is 302 Å². The molecule has 0 aliphatic carbocycles. The summed E-state index contributed by atoms with van der Waals surface area (Å²) in [5, 5.41) is 3.88. The molecule has 0 radical (unpaired) electrons. The minimum atomic E-state index is -3.06. The van der Waals surface area contributed by atoms with Crippen LogP contribution in [0.1, 0.15) is 56.2 Å². The molecule has 5 heterocycles. The van der Waals surface area contributed by atoms with Crippen molar-refractivity contribution in [2.24, 2.45) is 5.92 Å². The molecule has 4 aromatic rings. The second kappa shape index (κ2) is 16.5. The summed E-state index contributed by atoms with van der Waals surface area (Å²) in [7, 11) is 1.32. The van der Waals surface area contributed by atoms with Crippen LogP contribution >= 0.6 is 34.5 Å². The number of fused-ring (bicyclic) bond motifs is 3. The lowest BCUT2D eigenvalue weighted by atomic mass is 9.86. The fraction of sp³-hybridized carbons (Fsp3) is 0.361. The number of aromatic nitrogens is 1. The van der Waals surface area contributed by atoms with Crippen LogP contribution in [0.5, 0.6) is 11.5 Å². The average molecular weight is 747 g/mol. The largest absolute Gasteiger partial charge is 0.493 e. The highest BCUT2D eigenvalue weighted by Crippen LogP contribution is 2.37. The first-order chi connectivity index (χ1) is 24.2. The molecule has 3 atom stereocenters. The number of piperidine rings is 3. The molecule has 264 valence electrons. The van der Waals surface area contributed by atoms with E-state index in [1.165, 1.54) is 49.0 Å². The lowest BCUT2D eigenvalue weighted by Crippen LogP contribution is -2.52. The predicted octanol–water partition coefficient (Wildman–Crippen LogP) is 7.67. The average Bonchev–Trinajstić information content (AvgIpc) is 3.60. The Balaban J connectivity index is 1.17. The van der Waals surface area contributed by atoms with Crippen LogP contribution in [0, 0.1) is 5.92 Å². The quantitative estimate of drug-likeness (QED) is 0.130. The third-order valence-electron chi connectivity index (χ3n) is 8.94. The number of nitrogens with zero attached hydrogens (tertiary/aromatic N) is 2. The van der Waals surface area contributed by atoms with E-state index in [1.54, 1.807) is 12.1 Å². The summed E-state index contributed by atoms with van der Waals surface area (Å²) in [4.78, 5) is 34.6. The molecule has 0 amide bonds. The number of hydrogen-bond acceptors (Lipinski definition) is 10. The number of methoxy groups -OCH3 is 1. The van der Waals surface area contributed by atoms with Gasteiger partial charge in [0.05, 0.1) is 17.2 Å². The molecule has 3 fully saturated rings. The van der Waals surface area contributed by atoms with Crippen molar-refractivity contribution in [2.75, 3.05) is 26.7 Å². The maximum absolute atomic E-state index is 13.6. The molecule has 1 N–H and O–H groups in total. The number of carbonyl (C=O) groups is 2. The number of esters is 2. The fourth-order valence-corrected chi connectivity index (χ4v) is 7.70. The summed E-state index contributed by atoms with van der Waals surface area (Å²) in [5.41, 5.74) is 1.71. The van der Waals surface area contributed by atoms with Gasteiger partial charge in [0.1, 0.15) is 23.1 Å². The van der Waals surface area contributed by atoms with E-state index in [-0.39, 0.29) is 40.0 Å². The normalized spacial score (nSPS) is 19.5. The number of hydrogen-bond donors (Lipinski definition) is 1. The maximum Gasteiger partial charge on any atom is 0.387 e. The number of carbonyl (C=O) groups excluding carboxylic acids is 2. The fourth-order valence-electron chi connectivity index (χ4n) is 6.34. The molecule has 0 spiro atoms. The third-order valence-corrected chi connectivity index (χ3v) is 10.7. The molecule has 3 aliphatic heterocycles. The van der Waals surface area contributed by atoms with E-state index in [0.717, 1.165) is 42.9 Å². The van der Waals surface area contributed by atoms with Crippen molar-refractivity contribution in [1.82, 2.24) is 15.2 Å². The third kappa shape index (κ3) is 8.73. The summed E-state index contributed by atoms with van der Waals surface area (Å²) in [6.07, 6.45) is 3.91. The number of benzene rings is 2. The Kier molecular flexibility index (Phi) is 11.9. The molecule has 7 rings (SSSR count). The Morgan fingerprint density at radius 3 is 2.40 bits per heavy atom. The van der Waals surface area contributed by atoms with E-state index in [4.69, 9.17) is 37.4 Å². The standard InChI is InChI=1S/C36H35Cl2F2N3O6S/c1-46-30-15-23(7-9-28(30)49-36(39)40)29(16-25-26(37)18-41-19-27(25)38)47-34(44)32-10-8-24(50-32)17-42-33(22-5-3-2-4-6-22)35(45)48-31-20-43-13-11-21(31)12-14-43/h2-10,15,18-19,21,29,31,33,36,42H,11-14,16-17,20H2,1H3/t29-,31-,33?/m0/s1. The summed E-state index contributed by atoms with van der Waals surface area (Å²) >= 11 is 14.0. The van der Waals surface area contributed by atoms with Crippen molar-refractivity contribution >= 4 is 46.5 Å². The molecule has 2 bridgehead atoms. The van der Waals surface area contributed by atoms with Crippen LogP contribution in [-0.2, 0) is 27.2 Å². The lowest BCUT2D eigenvalue weighted by molar-refractivity contribution is -0.161. The molecule has 0 saturated carbocycles. The first-order valence-corrected chi connectivity index (χ1v) is 17.7. The first-order valence-electron chi connectivity index (χ1n) is 16.1. The summed E-state index contributed by atoms with van der Waals surface area (Å²) in [6.45, 7) is 0.0889. The first kappa shape index (κ1) is 36.0. The van der Waals surface area contributed by atoms with Crippen LogP contribution in [0.4, 0.5) is 8.78 Å². The van der Waals surface area contributed by atoms with Crippen molar-refractivity contribution in [2.45, 2.75) is 50.7 Å². The van der Waals surface area contributed by atoms with Gasteiger partial charge in [-0.1, -0.05) is 59.6 Å². The van der Waals surface area contributed by atoms with Crippen LogP contribution < -0.4 is 14.8 Å².